The third-order valence-electron chi connectivity index (χ3n) is 3.25. The molecular formula is C13H18O. The van der Waals surface area contributed by atoms with Gasteiger partial charge in [-0.3, -0.25) is 0 Å². The van der Waals surface area contributed by atoms with E-state index in [2.05, 4.69) is 38.1 Å². The number of hydrogen-bond donors (Lipinski definition) is 0. The molecule has 1 aromatic rings. The maximum Gasteiger partial charge on any atom is 0.0531 e. The van der Waals surface area contributed by atoms with E-state index >= 15 is 0 Å². The van der Waals surface area contributed by atoms with Gasteiger partial charge in [0, 0.05) is 13.0 Å². The number of fused-ring (bicyclic) bond motifs is 1. The minimum absolute atomic E-state index is 0.319. The number of hydrogen-bond acceptors (Lipinski definition) is 1. The lowest BCUT2D eigenvalue weighted by molar-refractivity contribution is 0.174. The van der Waals surface area contributed by atoms with Crippen LogP contribution in [0, 0.1) is 0 Å². The molecule has 0 radical (unpaired) electrons. The fraction of sp³-hybridized carbons (Fsp3) is 0.538. The van der Waals surface area contributed by atoms with Gasteiger partial charge in [-0.1, -0.05) is 38.1 Å². The van der Waals surface area contributed by atoms with Crippen molar-refractivity contribution in [2.45, 2.75) is 31.6 Å². The van der Waals surface area contributed by atoms with Gasteiger partial charge >= 0.3 is 0 Å². The molecule has 0 aliphatic heterocycles. The highest BCUT2D eigenvalue weighted by atomic mass is 16.5. The molecule has 0 bridgehead atoms. The lowest BCUT2D eigenvalue weighted by atomic mass is 9.86. The second-order valence-electron chi connectivity index (χ2n) is 4.83. The molecule has 1 nitrogen and oxygen atoms in total. The van der Waals surface area contributed by atoms with Gasteiger partial charge in [0.25, 0.3) is 0 Å². The number of rotatable bonds is 2. The Morgan fingerprint density at radius 1 is 1.36 bits per heavy atom. The van der Waals surface area contributed by atoms with E-state index in [1.54, 1.807) is 7.11 Å². The van der Waals surface area contributed by atoms with Crippen molar-refractivity contribution in [1.29, 1.82) is 0 Å². The van der Waals surface area contributed by atoms with Crippen LogP contribution in [0.2, 0.25) is 0 Å². The summed E-state index contributed by atoms with van der Waals surface area (Å²) in [7, 11) is 1.79. The summed E-state index contributed by atoms with van der Waals surface area (Å²) in [5, 5.41) is 0. The molecule has 1 heteroatoms. The van der Waals surface area contributed by atoms with E-state index < -0.39 is 0 Å². The second kappa shape index (κ2) is 3.39. The van der Waals surface area contributed by atoms with Crippen LogP contribution in [0.15, 0.2) is 24.3 Å². The average Bonchev–Trinajstić information content (AvgIpc) is 2.41. The standard InChI is InChI=1S/C13H18O/c1-13(2)8-10(9-14-3)11-6-4-5-7-12(11)13/h4-7,10H,8-9H2,1-3H3. The van der Waals surface area contributed by atoms with Gasteiger partial charge in [-0.05, 0) is 23.0 Å². The fourth-order valence-electron chi connectivity index (χ4n) is 2.66. The quantitative estimate of drug-likeness (QED) is 0.696. The maximum atomic E-state index is 5.28. The summed E-state index contributed by atoms with van der Waals surface area (Å²) in [6.45, 7) is 5.49. The smallest absolute Gasteiger partial charge is 0.0531 e. The van der Waals surface area contributed by atoms with Gasteiger partial charge in [-0.25, -0.2) is 0 Å². The Labute approximate surface area is 86.1 Å². The van der Waals surface area contributed by atoms with Crippen molar-refractivity contribution in [2.24, 2.45) is 0 Å². The number of benzene rings is 1. The van der Waals surface area contributed by atoms with Crippen molar-refractivity contribution in [3.63, 3.8) is 0 Å². The minimum atomic E-state index is 0.319. The van der Waals surface area contributed by atoms with E-state index in [9.17, 15) is 0 Å². The van der Waals surface area contributed by atoms with Crippen LogP contribution in [-0.4, -0.2) is 13.7 Å². The summed E-state index contributed by atoms with van der Waals surface area (Å²) in [6.07, 6.45) is 1.21. The summed E-state index contributed by atoms with van der Waals surface area (Å²) >= 11 is 0. The SMILES string of the molecule is COCC1CC(C)(C)c2ccccc21. The van der Waals surface area contributed by atoms with Gasteiger partial charge in [-0.15, -0.1) is 0 Å². The topological polar surface area (TPSA) is 9.23 Å². The van der Waals surface area contributed by atoms with Crippen LogP contribution in [-0.2, 0) is 10.2 Å². The zero-order valence-electron chi connectivity index (χ0n) is 9.21. The Kier molecular flexibility index (Phi) is 2.36. The summed E-state index contributed by atoms with van der Waals surface area (Å²) in [5.74, 6) is 0.589. The van der Waals surface area contributed by atoms with Gasteiger partial charge in [0.2, 0.25) is 0 Å². The molecule has 1 aliphatic carbocycles. The zero-order valence-corrected chi connectivity index (χ0v) is 9.21. The van der Waals surface area contributed by atoms with Crippen LogP contribution in [0.5, 0.6) is 0 Å². The molecular weight excluding hydrogens is 172 g/mol. The Morgan fingerprint density at radius 3 is 2.79 bits per heavy atom. The molecule has 0 amide bonds. The first kappa shape index (κ1) is 9.72. The molecule has 0 fully saturated rings. The summed E-state index contributed by atoms with van der Waals surface area (Å²) in [4.78, 5) is 0. The fourth-order valence-corrected chi connectivity index (χ4v) is 2.66. The van der Waals surface area contributed by atoms with Gasteiger partial charge in [0.15, 0.2) is 0 Å². The van der Waals surface area contributed by atoms with E-state index in [0.29, 0.717) is 11.3 Å². The molecule has 1 aromatic carbocycles. The lowest BCUT2D eigenvalue weighted by Gasteiger charge is -2.19. The highest BCUT2D eigenvalue weighted by molar-refractivity contribution is 5.41. The van der Waals surface area contributed by atoms with Crippen molar-refractivity contribution < 1.29 is 4.74 Å². The average molecular weight is 190 g/mol. The predicted octanol–water partition coefficient (Wildman–Crippen LogP) is 3.10. The van der Waals surface area contributed by atoms with Gasteiger partial charge in [-0.2, -0.15) is 0 Å². The third-order valence-corrected chi connectivity index (χ3v) is 3.25. The van der Waals surface area contributed by atoms with E-state index in [-0.39, 0.29) is 0 Å². The first-order chi connectivity index (χ1) is 6.65. The molecule has 0 N–H and O–H groups in total. The highest BCUT2D eigenvalue weighted by Crippen LogP contribution is 2.45. The molecule has 76 valence electrons. The molecule has 2 rings (SSSR count). The van der Waals surface area contributed by atoms with E-state index in [1.807, 2.05) is 0 Å². The Bertz CT molecular complexity index is 328. The summed E-state index contributed by atoms with van der Waals surface area (Å²) < 4.78 is 5.28. The third kappa shape index (κ3) is 1.46. The zero-order chi connectivity index (χ0) is 10.2. The van der Waals surface area contributed by atoms with Crippen molar-refractivity contribution in [1.82, 2.24) is 0 Å². The first-order valence-corrected chi connectivity index (χ1v) is 5.23. The lowest BCUT2D eigenvalue weighted by Crippen LogP contribution is -2.13. The normalized spacial score (nSPS) is 23.5. The molecule has 0 spiro atoms. The molecule has 1 atom stereocenters. The van der Waals surface area contributed by atoms with Crippen molar-refractivity contribution >= 4 is 0 Å². The van der Waals surface area contributed by atoms with E-state index in [1.165, 1.54) is 17.5 Å². The Morgan fingerprint density at radius 2 is 2.07 bits per heavy atom. The Hall–Kier alpha value is -0.820. The van der Waals surface area contributed by atoms with Gasteiger partial charge in [0.1, 0.15) is 0 Å². The van der Waals surface area contributed by atoms with Gasteiger partial charge in [0.05, 0.1) is 6.61 Å². The van der Waals surface area contributed by atoms with Crippen LogP contribution in [0.1, 0.15) is 37.3 Å². The molecule has 0 saturated heterocycles. The van der Waals surface area contributed by atoms with Crippen LogP contribution in [0.4, 0.5) is 0 Å². The van der Waals surface area contributed by atoms with E-state index in [4.69, 9.17) is 4.74 Å². The number of methoxy groups -OCH3 is 1. The molecule has 14 heavy (non-hydrogen) atoms. The monoisotopic (exact) mass is 190 g/mol. The maximum absolute atomic E-state index is 5.28. The predicted molar refractivity (Wildman–Crippen MR) is 58.7 cm³/mol. The first-order valence-electron chi connectivity index (χ1n) is 5.23. The van der Waals surface area contributed by atoms with Crippen LogP contribution < -0.4 is 0 Å². The second-order valence-corrected chi connectivity index (χ2v) is 4.83. The van der Waals surface area contributed by atoms with Crippen molar-refractivity contribution in [3.05, 3.63) is 35.4 Å². The minimum Gasteiger partial charge on any atom is -0.384 e. The highest BCUT2D eigenvalue weighted by Gasteiger charge is 2.35. The largest absolute Gasteiger partial charge is 0.384 e. The molecule has 0 saturated carbocycles. The van der Waals surface area contributed by atoms with Gasteiger partial charge < -0.3 is 4.74 Å². The number of ether oxygens (including phenoxy) is 1. The Balaban J connectivity index is 2.39. The van der Waals surface area contributed by atoms with Crippen LogP contribution >= 0.6 is 0 Å². The van der Waals surface area contributed by atoms with Crippen LogP contribution in [0.3, 0.4) is 0 Å². The van der Waals surface area contributed by atoms with Crippen molar-refractivity contribution in [3.8, 4) is 0 Å². The van der Waals surface area contributed by atoms with E-state index in [0.717, 1.165) is 6.61 Å². The van der Waals surface area contributed by atoms with Crippen molar-refractivity contribution in [2.75, 3.05) is 13.7 Å². The molecule has 1 unspecified atom stereocenters. The molecule has 0 heterocycles. The van der Waals surface area contributed by atoms with Crippen LogP contribution in [0.25, 0.3) is 0 Å². The summed E-state index contributed by atoms with van der Waals surface area (Å²) in [5.41, 5.74) is 3.31. The summed E-state index contributed by atoms with van der Waals surface area (Å²) in [6, 6.07) is 8.76. The molecule has 1 aliphatic rings. The molecule has 0 aromatic heterocycles.